The maximum atomic E-state index is 12.0. The van der Waals surface area contributed by atoms with Crippen LogP contribution in [0, 0.1) is 0 Å². The van der Waals surface area contributed by atoms with Crippen molar-refractivity contribution in [3.8, 4) is 0 Å². The van der Waals surface area contributed by atoms with Crippen molar-refractivity contribution in [2.24, 2.45) is 0 Å². The number of rotatable bonds is 5. The number of nitrogens with zero attached hydrogens (tertiary/aromatic N) is 1. The summed E-state index contributed by atoms with van der Waals surface area (Å²) in [5.74, 6) is 0.123. The molecule has 6 nitrogen and oxygen atoms in total. The first-order valence-electron chi connectivity index (χ1n) is 7.68. The Hall–Kier alpha value is -1.12. The molecule has 1 saturated heterocycles. The fourth-order valence-corrected chi connectivity index (χ4v) is 4.07. The number of urea groups is 1. The number of amides is 2. The van der Waals surface area contributed by atoms with E-state index in [0.717, 1.165) is 10.0 Å². The summed E-state index contributed by atoms with van der Waals surface area (Å²) in [6.45, 7) is 3.02. The standard InChI is InChI=1S/C15H22BrN3O3S/c1-2-23(21,22)19-9-7-13(8-10-19)18-15(20)17-11-12-5-3-4-6-14(12)16/h3-6,13H,2,7-11H2,1H3,(H2,17,18,20). The van der Waals surface area contributed by atoms with Gasteiger partial charge in [-0.05, 0) is 31.4 Å². The first-order valence-corrected chi connectivity index (χ1v) is 10.1. The van der Waals surface area contributed by atoms with Gasteiger partial charge in [0.1, 0.15) is 0 Å². The average molecular weight is 404 g/mol. The summed E-state index contributed by atoms with van der Waals surface area (Å²) in [5.41, 5.74) is 1.01. The molecule has 23 heavy (non-hydrogen) atoms. The topological polar surface area (TPSA) is 78.5 Å². The first kappa shape index (κ1) is 18.2. The van der Waals surface area contributed by atoms with Gasteiger partial charge in [0.2, 0.25) is 10.0 Å². The number of carbonyl (C=O) groups excluding carboxylic acids is 1. The Morgan fingerprint density at radius 2 is 1.96 bits per heavy atom. The zero-order chi connectivity index (χ0) is 16.9. The third kappa shape index (κ3) is 5.19. The lowest BCUT2D eigenvalue weighted by atomic mass is 10.1. The van der Waals surface area contributed by atoms with Crippen molar-refractivity contribution < 1.29 is 13.2 Å². The number of sulfonamides is 1. The van der Waals surface area contributed by atoms with Gasteiger partial charge in [0, 0.05) is 30.1 Å². The van der Waals surface area contributed by atoms with Gasteiger partial charge in [0.05, 0.1) is 5.75 Å². The van der Waals surface area contributed by atoms with Crippen LogP contribution in [0.4, 0.5) is 4.79 Å². The Labute approximate surface area is 145 Å². The fraction of sp³-hybridized carbons (Fsp3) is 0.533. The van der Waals surface area contributed by atoms with Crippen LogP contribution in [-0.4, -0.2) is 43.6 Å². The molecule has 1 aliphatic heterocycles. The van der Waals surface area contributed by atoms with Crippen LogP contribution in [0.1, 0.15) is 25.3 Å². The van der Waals surface area contributed by atoms with Crippen LogP contribution in [0.25, 0.3) is 0 Å². The molecule has 0 saturated carbocycles. The molecule has 0 aromatic heterocycles. The molecule has 8 heteroatoms. The molecular weight excluding hydrogens is 382 g/mol. The third-order valence-electron chi connectivity index (χ3n) is 3.94. The van der Waals surface area contributed by atoms with Crippen molar-refractivity contribution in [2.75, 3.05) is 18.8 Å². The highest BCUT2D eigenvalue weighted by molar-refractivity contribution is 9.10. The van der Waals surface area contributed by atoms with E-state index in [2.05, 4.69) is 26.6 Å². The Morgan fingerprint density at radius 1 is 1.30 bits per heavy atom. The van der Waals surface area contributed by atoms with Gasteiger partial charge >= 0.3 is 6.03 Å². The predicted octanol–water partition coefficient (Wildman–Crippen LogP) is 2.06. The van der Waals surface area contributed by atoms with Crippen molar-refractivity contribution >= 4 is 32.0 Å². The molecule has 2 N–H and O–H groups in total. The summed E-state index contributed by atoms with van der Waals surface area (Å²) < 4.78 is 26.1. The summed E-state index contributed by atoms with van der Waals surface area (Å²) >= 11 is 3.44. The number of carbonyl (C=O) groups is 1. The predicted molar refractivity (Wildman–Crippen MR) is 93.6 cm³/mol. The maximum Gasteiger partial charge on any atom is 0.315 e. The summed E-state index contributed by atoms with van der Waals surface area (Å²) in [6.07, 6.45) is 1.28. The number of hydrogen-bond donors (Lipinski definition) is 2. The monoisotopic (exact) mass is 403 g/mol. The molecule has 0 bridgehead atoms. The zero-order valence-corrected chi connectivity index (χ0v) is 15.5. The molecule has 1 aromatic carbocycles. The van der Waals surface area contributed by atoms with Gasteiger partial charge in [0.25, 0.3) is 0 Å². The fourth-order valence-electron chi connectivity index (χ4n) is 2.51. The molecule has 0 unspecified atom stereocenters. The Morgan fingerprint density at radius 3 is 2.57 bits per heavy atom. The van der Waals surface area contributed by atoms with Crippen molar-refractivity contribution in [3.05, 3.63) is 34.3 Å². The van der Waals surface area contributed by atoms with Gasteiger partial charge < -0.3 is 10.6 Å². The Bertz CT molecular complexity index is 643. The highest BCUT2D eigenvalue weighted by Gasteiger charge is 2.27. The minimum atomic E-state index is -3.12. The zero-order valence-electron chi connectivity index (χ0n) is 13.1. The Balaban J connectivity index is 1.76. The van der Waals surface area contributed by atoms with Crippen LogP contribution in [0.5, 0.6) is 0 Å². The highest BCUT2D eigenvalue weighted by Crippen LogP contribution is 2.16. The normalized spacial score (nSPS) is 17.0. The van der Waals surface area contributed by atoms with Gasteiger partial charge in [-0.2, -0.15) is 0 Å². The average Bonchev–Trinajstić information content (AvgIpc) is 2.54. The molecule has 2 rings (SSSR count). The smallest absolute Gasteiger partial charge is 0.315 e. The largest absolute Gasteiger partial charge is 0.335 e. The molecule has 0 atom stereocenters. The van der Waals surface area contributed by atoms with Crippen molar-refractivity contribution in [1.29, 1.82) is 0 Å². The number of hydrogen-bond acceptors (Lipinski definition) is 3. The molecule has 1 fully saturated rings. The molecule has 1 aliphatic rings. The van der Waals surface area contributed by atoms with Gasteiger partial charge in [-0.1, -0.05) is 34.1 Å². The third-order valence-corrected chi connectivity index (χ3v) is 6.60. The molecule has 0 radical (unpaired) electrons. The van der Waals surface area contributed by atoms with Gasteiger partial charge in [-0.3, -0.25) is 0 Å². The Kier molecular flexibility index (Phi) is 6.43. The molecular formula is C15H22BrN3O3S. The molecule has 1 heterocycles. The van der Waals surface area contributed by atoms with E-state index in [4.69, 9.17) is 0 Å². The van der Waals surface area contributed by atoms with E-state index in [1.807, 2.05) is 24.3 Å². The number of halogens is 1. The number of benzene rings is 1. The van der Waals surface area contributed by atoms with Gasteiger partial charge in [-0.15, -0.1) is 0 Å². The summed E-state index contributed by atoms with van der Waals surface area (Å²) in [7, 11) is -3.12. The van der Waals surface area contributed by atoms with E-state index in [0.29, 0.717) is 32.5 Å². The van der Waals surface area contributed by atoms with Gasteiger partial charge in [-0.25, -0.2) is 17.5 Å². The van der Waals surface area contributed by atoms with Crippen LogP contribution >= 0.6 is 15.9 Å². The van der Waals surface area contributed by atoms with Crippen molar-refractivity contribution in [1.82, 2.24) is 14.9 Å². The lowest BCUT2D eigenvalue weighted by Gasteiger charge is -2.31. The lowest BCUT2D eigenvalue weighted by Crippen LogP contribution is -2.49. The quantitative estimate of drug-likeness (QED) is 0.789. The van der Waals surface area contributed by atoms with Crippen molar-refractivity contribution in [2.45, 2.75) is 32.4 Å². The van der Waals surface area contributed by atoms with Crippen LogP contribution in [0.3, 0.4) is 0 Å². The maximum absolute atomic E-state index is 12.0. The first-order chi connectivity index (χ1) is 10.9. The van der Waals surface area contributed by atoms with E-state index in [9.17, 15) is 13.2 Å². The second-order valence-electron chi connectivity index (χ2n) is 5.49. The van der Waals surface area contributed by atoms with Crippen LogP contribution in [0.15, 0.2) is 28.7 Å². The SMILES string of the molecule is CCS(=O)(=O)N1CCC(NC(=O)NCc2ccccc2Br)CC1. The summed E-state index contributed by atoms with van der Waals surface area (Å²) in [4.78, 5) is 12.0. The van der Waals surface area contributed by atoms with Crippen LogP contribution in [-0.2, 0) is 16.6 Å². The molecule has 0 spiro atoms. The highest BCUT2D eigenvalue weighted by atomic mass is 79.9. The van der Waals surface area contributed by atoms with Crippen LogP contribution in [0.2, 0.25) is 0 Å². The number of piperidine rings is 1. The molecule has 128 valence electrons. The van der Waals surface area contributed by atoms with E-state index in [1.54, 1.807) is 6.92 Å². The minimum absolute atomic E-state index is 0.0116. The molecule has 0 aliphatic carbocycles. The molecule has 1 aromatic rings. The minimum Gasteiger partial charge on any atom is -0.335 e. The van der Waals surface area contributed by atoms with E-state index < -0.39 is 10.0 Å². The lowest BCUT2D eigenvalue weighted by molar-refractivity contribution is 0.227. The van der Waals surface area contributed by atoms with E-state index in [1.165, 1.54) is 4.31 Å². The van der Waals surface area contributed by atoms with E-state index >= 15 is 0 Å². The second kappa shape index (κ2) is 8.12. The van der Waals surface area contributed by atoms with Gasteiger partial charge in [0.15, 0.2) is 0 Å². The molecule has 2 amide bonds. The summed E-state index contributed by atoms with van der Waals surface area (Å²) in [6, 6.07) is 7.50. The number of nitrogens with one attached hydrogen (secondary N) is 2. The van der Waals surface area contributed by atoms with E-state index in [-0.39, 0.29) is 17.8 Å². The summed E-state index contributed by atoms with van der Waals surface area (Å²) in [5, 5.41) is 5.74. The van der Waals surface area contributed by atoms with Crippen molar-refractivity contribution in [3.63, 3.8) is 0 Å². The van der Waals surface area contributed by atoms with Crippen LogP contribution < -0.4 is 10.6 Å². The second-order valence-corrected chi connectivity index (χ2v) is 8.60.